The van der Waals surface area contributed by atoms with E-state index in [0.717, 1.165) is 4.31 Å². The molecular weight excluding hydrogens is 816 g/mol. The summed E-state index contributed by atoms with van der Waals surface area (Å²) in [5.41, 5.74) is 1.89. The van der Waals surface area contributed by atoms with Crippen LogP contribution in [0.3, 0.4) is 0 Å². The molecule has 0 heterocycles. The summed E-state index contributed by atoms with van der Waals surface area (Å²) in [6.07, 6.45) is -0.365. The molecule has 0 aliphatic rings. The number of rotatable bonds is 19. The minimum absolute atomic E-state index is 0.0657. The molecule has 11 nitrogen and oxygen atoms in total. The van der Waals surface area contributed by atoms with Crippen molar-refractivity contribution in [3.05, 3.63) is 173 Å². The van der Waals surface area contributed by atoms with Crippen LogP contribution in [-0.4, -0.2) is 42.6 Å². The Balaban J connectivity index is 1.45. The third-order valence-corrected chi connectivity index (χ3v) is 13.0. The second-order valence-corrected chi connectivity index (χ2v) is 17.3. The van der Waals surface area contributed by atoms with Crippen LogP contribution < -0.4 is 23.3 Å². The molecular formula is C45H42F2NO10PS. The normalized spacial score (nSPS) is 12.6. The molecule has 0 fully saturated rings. The molecule has 1 atom stereocenters. The van der Waals surface area contributed by atoms with Crippen LogP contribution in [0.15, 0.2) is 150 Å². The minimum atomic E-state index is -4.64. The number of carbonyl (C=O) groups is 1. The summed E-state index contributed by atoms with van der Waals surface area (Å²) in [7, 11) is -3.22. The molecule has 0 aliphatic heterocycles. The topological polar surface area (TPSA) is 127 Å². The van der Waals surface area contributed by atoms with Gasteiger partial charge in [-0.3, -0.25) is 9.36 Å². The highest BCUT2D eigenvalue weighted by atomic mass is 32.2. The number of anilines is 2. The summed E-state index contributed by atoms with van der Waals surface area (Å²) in [5, 5.41) is 0. The van der Waals surface area contributed by atoms with Crippen LogP contribution >= 0.6 is 7.60 Å². The second kappa shape index (κ2) is 18.9. The van der Waals surface area contributed by atoms with E-state index in [1.165, 1.54) is 52.7 Å². The van der Waals surface area contributed by atoms with E-state index in [1.807, 2.05) is 36.4 Å². The predicted octanol–water partition coefficient (Wildman–Crippen LogP) is 10.3. The molecule has 0 N–H and O–H groups in total. The van der Waals surface area contributed by atoms with Gasteiger partial charge in [0.05, 0.1) is 56.3 Å². The molecule has 0 aromatic heterocycles. The summed E-state index contributed by atoms with van der Waals surface area (Å²) < 4.78 is 97.5. The van der Waals surface area contributed by atoms with Crippen LogP contribution in [0.2, 0.25) is 0 Å². The van der Waals surface area contributed by atoms with E-state index in [1.54, 1.807) is 84.9 Å². The highest BCUT2D eigenvalue weighted by molar-refractivity contribution is 7.93. The lowest BCUT2D eigenvalue weighted by Gasteiger charge is -2.34. The van der Waals surface area contributed by atoms with E-state index in [-0.39, 0.29) is 52.0 Å². The van der Waals surface area contributed by atoms with E-state index >= 15 is 0 Å². The van der Waals surface area contributed by atoms with Gasteiger partial charge in [-0.25, -0.2) is 12.7 Å². The molecule has 1 unspecified atom stereocenters. The average Bonchev–Trinajstić information content (AvgIpc) is 3.30. The molecule has 0 amide bonds. The van der Waals surface area contributed by atoms with Crippen LogP contribution in [0, 0.1) is 0 Å². The standard InChI is InChI=1S/C45H42F2NO10PS/c1-53-37-21-25-40(42(27-37)55-3)48(41-26-22-38(54-2)28-43(41)56-4)60(51,52)39-23-19-33(20-24-39)30-45(36-13-9-6-10-14-36,44(49)35-11-7-5-8-12-35)29-32-15-17-34(18-16-32)31-59(50,57-46)58-47/h5-28H,29-31H2,1-4H3. The number of ether oxygens (including phenoxy) is 4. The third-order valence-electron chi connectivity index (χ3n) is 10.1. The van der Waals surface area contributed by atoms with Crippen molar-refractivity contribution in [1.29, 1.82) is 0 Å². The number of nitrogens with zero attached hydrogens (tertiary/aromatic N) is 1. The van der Waals surface area contributed by atoms with Crippen molar-refractivity contribution in [2.24, 2.45) is 0 Å². The SMILES string of the molecule is COc1ccc(N(c2ccc(OC)cc2OC)S(=O)(=O)c2ccc(CC(Cc3ccc(CP(=O)(OF)OF)cc3)(C(=O)c3ccccc3)c3ccccc3)cc2)c(OC)c1. The van der Waals surface area contributed by atoms with Crippen molar-refractivity contribution < 1.29 is 55.2 Å². The van der Waals surface area contributed by atoms with Crippen molar-refractivity contribution in [3.63, 3.8) is 0 Å². The van der Waals surface area contributed by atoms with Gasteiger partial charge in [0.15, 0.2) is 5.78 Å². The fraction of sp³-hybridized carbons (Fsp3) is 0.178. The van der Waals surface area contributed by atoms with E-state index in [2.05, 4.69) is 9.46 Å². The maximum atomic E-state index is 15.0. The highest BCUT2D eigenvalue weighted by Crippen LogP contribution is 2.52. The Bertz CT molecular complexity index is 2500. The Hall–Kier alpha value is -6.05. The largest absolute Gasteiger partial charge is 0.497 e. The molecule has 0 saturated heterocycles. The lowest BCUT2D eigenvalue weighted by Crippen LogP contribution is -2.40. The summed E-state index contributed by atoms with van der Waals surface area (Å²) in [5.74, 6) is 1.14. The number of hydrogen-bond acceptors (Lipinski definition) is 10. The zero-order chi connectivity index (χ0) is 42.9. The van der Waals surface area contributed by atoms with Crippen LogP contribution in [0.1, 0.15) is 32.6 Å². The smallest absolute Gasteiger partial charge is 0.399 e. The molecule has 0 aliphatic carbocycles. The molecule has 6 aromatic rings. The zero-order valence-corrected chi connectivity index (χ0v) is 34.8. The van der Waals surface area contributed by atoms with E-state index in [4.69, 9.17) is 18.9 Å². The summed E-state index contributed by atoms with van der Waals surface area (Å²) in [6.45, 7) is 0. The van der Waals surface area contributed by atoms with Gasteiger partial charge in [0.2, 0.25) is 0 Å². The molecule has 0 bridgehead atoms. The number of benzene rings is 6. The molecule has 0 spiro atoms. The molecule has 6 aromatic carbocycles. The lowest BCUT2D eigenvalue weighted by molar-refractivity contribution is -0.0881. The number of ketones is 1. The number of methoxy groups -OCH3 is 4. The Kier molecular flexibility index (Phi) is 13.7. The lowest BCUT2D eigenvalue weighted by atomic mass is 9.67. The highest BCUT2D eigenvalue weighted by Gasteiger charge is 2.41. The number of carbonyl (C=O) groups excluding carboxylic acids is 1. The number of Topliss-reactive ketones (excluding diaryl/α,β-unsaturated/α-hetero) is 1. The number of sulfonamides is 1. The molecule has 15 heteroatoms. The monoisotopic (exact) mass is 857 g/mol. The summed E-state index contributed by atoms with van der Waals surface area (Å²) >= 11 is 0. The molecule has 312 valence electrons. The quantitative estimate of drug-likeness (QED) is 0.0574. The summed E-state index contributed by atoms with van der Waals surface area (Å²) in [4.78, 5) is 14.9. The van der Waals surface area contributed by atoms with Gasteiger partial charge in [0, 0.05) is 17.7 Å². The number of halogens is 2. The van der Waals surface area contributed by atoms with Gasteiger partial charge >= 0.3 is 7.60 Å². The Morgan fingerprint density at radius 3 is 1.50 bits per heavy atom. The van der Waals surface area contributed by atoms with E-state index < -0.39 is 29.2 Å². The van der Waals surface area contributed by atoms with Crippen LogP contribution in [0.5, 0.6) is 23.0 Å². The van der Waals surface area contributed by atoms with Crippen molar-refractivity contribution in [2.45, 2.75) is 29.3 Å². The van der Waals surface area contributed by atoms with Crippen LogP contribution in [0.25, 0.3) is 0 Å². The van der Waals surface area contributed by atoms with Crippen molar-refractivity contribution in [3.8, 4) is 23.0 Å². The molecule has 6 rings (SSSR count). The van der Waals surface area contributed by atoms with Crippen molar-refractivity contribution in [1.82, 2.24) is 0 Å². The molecule has 0 radical (unpaired) electrons. The average molecular weight is 858 g/mol. The second-order valence-electron chi connectivity index (χ2n) is 13.7. The maximum Gasteiger partial charge on any atom is 0.399 e. The minimum Gasteiger partial charge on any atom is -0.497 e. The first-order valence-electron chi connectivity index (χ1n) is 18.5. The van der Waals surface area contributed by atoms with Gasteiger partial charge in [-0.15, -0.1) is 9.46 Å². The van der Waals surface area contributed by atoms with Gasteiger partial charge in [0.25, 0.3) is 10.0 Å². The van der Waals surface area contributed by atoms with E-state index in [0.29, 0.717) is 33.8 Å². The van der Waals surface area contributed by atoms with Gasteiger partial charge in [0.1, 0.15) is 23.0 Å². The predicted molar refractivity (Wildman–Crippen MR) is 223 cm³/mol. The summed E-state index contributed by atoms with van der Waals surface area (Å²) in [6, 6.07) is 40.4. The maximum absolute atomic E-state index is 15.0. The first kappa shape index (κ1) is 43.5. The van der Waals surface area contributed by atoms with Gasteiger partial charge < -0.3 is 18.9 Å². The van der Waals surface area contributed by atoms with E-state index in [9.17, 15) is 26.8 Å². The molecule has 0 saturated carbocycles. The Labute approximate surface area is 347 Å². The third kappa shape index (κ3) is 9.22. The van der Waals surface area contributed by atoms with Gasteiger partial charge in [-0.05, 0) is 80.5 Å². The molecule has 60 heavy (non-hydrogen) atoms. The zero-order valence-electron chi connectivity index (χ0n) is 33.1. The van der Waals surface area contributed by atoms with Crippen molar-refractivity contribution in [2.75, 3.05) is 32.7 Å². The van der Waals surface area contributed by atoms with Crippen molar-refractivity contribution >= 4 is 34.8 Å². The first-order chi connectivity index (χ1) is 28.9. The Morgan fingerprint density at radius 1 is 0.600 bits per heavy atom. The number of hydrogen-bond donors (Lipinski definition) is 0. The fourth-order valence-corrected chi connectivity index (χ4v) is 9.39. The first-order valence-corrected chi connectivity index (χ1v) is 21.6. The fourth-order valence-electron chi connectivity index (χ4n) is 7.10. The van der Waals surface area contributed by atoms with Crippen LogP contribution in [-0.2, 0) is 48.5 Å². The van der Waals surface area contributed by atoms with Crippen LogP contribution in [0.4, 0.5) is 20.4 Å². The van der Waals surface area contributed by atoms with Gasteiger partial charge in [-0.1, -0.05) is 97.1 Å². The Morgan fingerprint density at radius 2 is 1.05 bits per heavy atom. The van der Waals surface area contributed by atoms with Gasteiger partial charge in [-0.2, -0.15) is 0 Å².